The van der Waals surface area contributed by atoms with Gasteiger partial charge in [0.2, 0.25) is 0 Å². The maximum Gasteiger partial charge on any atom is 0.123 e. The van der Waals surface area contributed by atoms with Gasteiger partial charge in [0.05, 0.1) is 0 Å². The maximum atomic E-state index is 13.3. The molecule has 0 aliphatic heterocycles. The fraction of sp³-hybridized carbons (Fsp3) is 0.600. The van der Waals surface area contributed by atoms with E-state index in [4.69, 9.17) is 0 Å². The van der Waals surface area contributed by atoms with Crippen LogP contribution in [0.1, 0.15) is 43.7 Å². The van der Waals surface area contributed by atoms with E-state index in [0.717, 1.165) is 18.2 Å². The van der Waals surface area contributed by atoms with E-state index in [9.17, 15) is 4.39 Å². The monoisotopic (exact) mass is 235 g/mol. The minimum atomic E-state index is -0.125. The van der Waals surface area contributed by atoms with Crippen molar-refractivity contribution in [1.82, 2.24) is 5.32 Å². The Balaban J connectivity index is 2.00. The Hall–Kier alpha value is -0.890. The SMILES string of the molecule is Cc1ccc(F)cc1C(C)C(C)CNC1CC1. The highest BCUT2D eigenvalue weighted by Crippen LogP contribution is 2.28. The van der Waals surface area contributed by atoms with E-state index < -0.39 is 0 Å². The standard InChI is InChI=1S/C15H22FN/c1-10-4-5-13(16)8-15(10)12(3)11(2)9-17-14-6-7-14/h4-5,8,11-12,14,17H,6-7,9H2,1-3H3. The average molecular weight is 235 g/mol. The minimum absolute atomic E-state index is 0.125. The Morgan fingerprint density at radius 2 is 2.06 bits per heavy atom. The minimum Gasteiger partial charge on any atom is -0.314 e. The van der Waals surface area contributed by atoms with Gasteiger partial charge < -0.3 is 5.32 Å². The van der Waals surface area contributed by atoms with Crippen molar-refractivity contribution in [3.63, 3.8) is 0 Å². The van der Waals surface area contributed by atoms with Gasteiger partial charge in [0.25, 0.3) is 0 Å². The summed E-state index contributed by atoms with van der Waals surface area (Å²) in [6.45, 7) is 7.53. The summed E-state index contributed by atoms with van der Waals surface area (Å²) in [5.41, 5.74) is 2.34. The summed E-state index contributed by atoms with van der Waals surface area (Å²) in [6, 6.07) is 5.85. The fourth-order valence-corrected chi connectivity index (χ4v) is 2.23. The molecular formula is C15H22FN. The van der Waals surface area contributed by atoms with Crippen LogP contribution in [0.15, 0.2) is 18.2 Å². The highest BCUT2D eigenvalue weighted by Gasteiger charge is 2.23. The molecule has 0 bridgehead atoms. The van der Waals surface area contributed by atoms with Crippen molar-refractivity contribution in [1.29, 1.82) is 0 Å². The van der Waals surface area contributed by atoms with Crippen LogP contribution in [0.3, 0.4) is 0 Å². The van der Waals surface area contributed by atoms with Gasteiger partial charge in [0, 0.05) is 6.04 Å². The van der Waals surface area contributed by atoms with Gasteiger partial charge in [-0.2, -0.15) is 0 Å². The zero-order chi connectivity index (χ0) is 12.4. The molecule has 0 amide bonds. The molecule has 2 rings (SSSR count). The molecule has 2 atom stereocenters. The van der Waals surface area contributed by atoms with Crippen LogP contribution in [0.4, 0.5) is 4.39 Å². The van der Waals surface area contributed by atoms with Gasteiger partial charge in [-0.3, -0.25) is 0 Å². The number of benzene rings is 1. The van der Waals surface area contributed by atoms with E-state index in [-0.39, 0.29) is 5.82 Å². The zero-order valence-corrected chi connectivity index (χ0v) is 11.0. The van der Waals surface area contributed by atoms with Gasteiger partial charge in [0.1, 0.15) is 5.82 Å². The van der Waals surface area contributed by atoms with Gasteiger partial charge in [-0.15, -0.1) is 0 Å². The lowest BCUT2D eigenvalue weighted by Crippen LogP contribution is -2.26. The van der Waals surface area contributed by atoms with Crippen LogP contribution >= 0.6 is 0 Å². The summed E-state index contributed by atoms with van der Waals surface area (Å²) in [6.07, 6.45) is 2.64. The normalized spacial score (nSPS) is 19.1. The van der Waals surface area contributed by atoms with Crippen LogP contribution in [0, 0.1) is 18.7 Å². The lowest BCUT2D eigenvalue weighted by Gasteiger charge is -2.22. The Morgan fingerprint density at radius 3 is 2.71 bits per heavy atom. The van der Waals surface area contributed by atoms with Crippen molar-refractivity contribution < 1.29 is 4.39 Å². The molecule has 1 saturated carbocycles. The van der Waals surface area contributed by atoms with E-state index in [1.54, 1.807) is 12.1 Å². The van der Waals surface area contributed by atoms with Gasteiger partial charge in [-0.25, -0.2) is 4.39 Å². The predicted molar refractivity (Wildman–Crippen MR) is 69.7 cm³/mol. The number of aryl methyl sites for hydroxylation is 1. The second-order valence-electron chi connectivity index (χ2n) is 5.45. The summed E-state index contributed by atoms with van der Waals surface area (Å²) in [4.78, 5) is 0. The molecule has 1 N–H and O–H groups in total. The van der Waals surface area contributed by atoms with Gasteiger partial charge >= 0.3 is 0 Å². The van der Waals surface area contributed by atoms with Crippen LogP contribution < -0.4 is 5.32 Å². The molecule has 2 heteroatoms. The summed E-state index contributed by atoms with van der Waals surface area (Å²) >= 11 is 0. The van der Waals surface area contributed by atoms with E-state index in [1.807, 2.05) is 6.07 Å². The van der Waals surface area contributed by atoms with E-state index >= 15 is 0 Å². The lowest BCUT2D eigenvalue weighted by molar-refractivity contribution is 0.443. The van der Waals surface area contributed by atoms with E-state index in [0.29, 0.717) is 11.8 Å². The molecule has 0 heterocycles. The number of rotatable bonds is 5. The first-order valence-corrected chi connectivity index (χ1v) is 6.57. The van der Waals surface area contributed by atoms with Crippen molar-refractivity contribution in [2.24, 2.45) is 5.92 Å². The number of nitrogens with one attached hydrogen (secondary N) is 1. The largest absolute Gasteiger partial charge is 0.314 e. The molecule has 1 fully saturated rings. The first kappa shape index (κ1) is 12.6. The van der Waals surface area contributed by atoms with Gasteiger partial charge in [-0.1, -0.05) is 19.9 Å². The van der Waals surface area contributed by atoms with Crippen molar-refractivity contribution in [2.45, 2.75) is 45.6 Å². The molecule has 1 aliphatic carbocycles. The molecule has 0 radical (unpaired) electrons. The highest BCUT2D eigenvalue weighted by molar-refractivity contribution is 5.30. The number of halogens is 1. The van der Waals surface area contributed by atoms with Crippen molar-refractivity contribution in [3.05, 3.63) is 35.1 Å². The molecule has 1 nitrogen and oxygen atoms in total. The predicted octanol–water partition coefficient (Wildman–Crippen LogP) is 3.63. The van der Waals surface area contributed by atoms with Crippen LogP contribution in [-0.4, -0.2) is 12.6 Å². The van der Waals surface area contributed by atoms with Crippen LogP contribution in [0.2, 0.25) is 0 Å². The summed E-state index contributed by atoms with van der Waals surface area (Å²) < 4.78 is 13.3. The first-order chi connectivity index (χ1) is 8.08. The highest BCUT2D eigenvalue weighted by atomic mass is 19.1. The second kappa shape index (κ2) is 5.18. The molecular weight excluding hydrogens is 213 g/mol. The third-order valence-electron chi connectivity index (χ3n) is 3.89. The molecule has 94 valence electrons. The summed E-state index contributed by atoms with van der Waals surface area (Å²) in [7, 11) is 0. The van der Waals surface area contributed by atoms with Crippen LogP contribution in [0.25, 0.3) is 0 Å². The van der Waals surface area contributed by atoms with Crippen LogP contribution in [-0.2, 0) is 0 Å². The maximum absolute atomic E-state index is 13.3. The van der Waals surface area contributed by atoms with Crippen molar-refractivity contribution in [3.8, 4) is 0 Å². The van der Waals surface area contributed by atoms with E-state index in [2.05, 4.69) is 26.1 Å². The summed E-state index contributed by atoms with van der Waals surface area (Å²) in [5, 5.41) is 3.55. The first-order valence-electron chi connectivity index (χ1n) is 6.57. The molecule has 1 aromatic carbocycles. The van der Waals surface area contributed by atoms with Crippen molar-refractivity contribution in [2.75, 3.05) is 6.54 Å². The fourth-order valence-electron chi connectivity index (χ4n) is 2.23. The Kier molecular flexibility index (Phi) is 3.82. The Bertz CT molecular complexity index is 385. The smallest absolute Gasteiger partial charge is 0.123 e. The lowest BCUT2D eigenvalue weighted by atomic mass is 9.86. The molecule has 0 saturated heterocycles. The molecule has 0 aromatic heterocycles. The molecule has 1 aliphatic rings. The summed E-state index contributed by atoms with van der Waals surface area (Å²) in [5.74, 6) is 0.813. The third kappa shape index (κ3) is 3.29. The second-order valence-corrected chi connectivity index (χ2v) is 5.45. The Morgan fingerprint density at radius 1 is 1.35 bits per heavy atom. The van der Waals surface area contributed by atoms with Crippen LogP contribution in [0.5, 0.6) is 0 Å². The quantitative estimate of drug-likeness (QED) is 0.822. The average Bonchev–Trinajstić information content (AvgIpc) is 3.12. The number of hydrogen-bond donors (Lipinski definition) is 1. The molecule has 17 heavy (non-hydrogen) atoms. The zero-order valence-electron chi connectivity index (χ0n) is 11.0. The third-order valence-corrected chi connectivity index (χ3v) is 3.89. The van der Waals surface area contributed by atoms with Crippen molar-refractivity contribution >= 4 is 0 Å². The molecule has 0 spiro atoms. The topological polar surface area (TPSA) is 12.0 Å². The molecule has 1 aromatic rings. The van der Waals surface area contributed by atoms with Gasteiger partial charge in [-0.05, 0) is 61.4 Å². The van der Waals surface area contributed by atoms with E-state index in [1.165, 1.54) is 18.4 Å². The Labute approximate surface area is 103 Å². The number of hydrogen-bond acceptors (Lipinski definition) is 1. The molecule has 2 unspecified atom stereocenters. The van der Waals surface area contributed by atoms with Gasteiger partial charge in [0.15, 0.2) is 0 Å².